The summed E-state index contributed by atoms with van der Waals surface area (Å²) < 4.78 is 0. The number of hydrogen-bond acceptors (Lipinski definition) is 2. The summed E-state index contributed by atoms with van der Waals surface area (Å²) in [7, 11) is 0. The number of carboxylic acid groups (broad SMARTS) is 1. The molecule has 4 nitrogen and oxygen atoms in total. The van der Waals surface area contributed by atoms with E-state index in [4.69, 9.17) is 10.8 Å². The maximum absolute atomic E-state index is 10.6. The molecule has 0 atom stereocenters. The van der Waals surface area contributed by atoms with Crippen LogP contribution >= 0.6 is 0 Å². The van der Waals surface area contributed by atoms with Crippen LogP contribution in [-0.4, -0.2) is 35.7 Å². The average Bonchev–Trinajstić information content (AvgIpc) is 2.19. The van der Waals surface area contributed by atoms with E-state index < -0.39 is 6.09 Å². The lowest BCUT2D eigenvalue weighted by atomic mass is 9.93. The van der Waals surface area contributed by atoms with Gasteiger partial charge in [0.25, 0.3) is 0 Å². The molecule has 1 aliphatic rings. The first-order valence-corrected chi connectivity index (χ1v) is 5.07. The van der Waals surface area contributed by atoms with Crippen LogP contribution in [0.4, 0.5) is 4.79 Å². The summed E-state index contributed by atoms with van der Waals surface area (Å²) in [5.41, 5.74) is 5.33. The summed E-state index contributed by atoms with van der Waals surface area (Å²) in [4.78, 5) is 12.1. The maximum atomic E-state index is 10.6. The molecule has 14 heavy (non-hydrogen) atoms. The molecule has 0 aromatic rings. The summed E-state index contributed by atoms with van der Waals surface area (Å²) in [5, 5.41) is 8.73. The van der Waals surface area contributed by atoms with Crippen LogP contribution in [0.3, 0.4) is 0 Å². The number of hydrogen-bond donors (Lipinski definition) is 2. The topological polar surface area (TPSA) is 66.6 Å². The predicted molar refractivity (Wildman–Crippen MR) is 55.1 cm³/mol. The van der Waals surface area contributed by atoms with Crippen LogP contribution in [0.25, 0.3) is 0 Å². The van der Waals surface area contributed by atoms with Gasteiger partial charge in [0.05, 0.1) is 0 Å². The summed E-state index contributed by atoms with van der Waals surface area (Å²) in [6, 6.07) is 0. The van der Waals surface area contributed by atoms with Crippen LogP contribution in [0.1, 0.15) is 19.3 Å². The molecule has 0 bridgehead atoms. The highest BCUT2D eigenvalue weighted by Gasteiger charge is 2.20. The predicted octanol–water partition coefficient (Wildman–Crippen LogP) is 1.28. The average molecular weight is 198 g/mol. The highest BCUT2D eigenvalue weighted by Crippen LogP contribution is 2.20. The van der Waals surface area contributed by atoms with Gasteiger partial charge in [-0.1, -0.05) is 12.2 Å². The van der Waals surface area contributed by atoms with E-state index >= 15 is 0 Å². The van der Waals surface area contributed by atoms with Crippen molar-refractivity contribution < 1.29 is 9.90 Å². The Balaban J connectivity index is 2.22. The third-order valence-electron chi connectivity index (χ3n) is 2.66. The van der Waals surface area contributed by atoms with Gasteiger partial charge in [-0.3, -0.25) is 0 Å². The molecule has 1 heterocycles. The fourth-order valence-electron chi connectivity index (χ4n) is 1.74. The molecular formula is C10H18N2O2. The SMILES string of the molecule is NCC=CCC1CCN(C(=O)O)CC1. The van der Waals surface area contributed by atoms with E-state index in [1.165, 1.54) is 4.90 Å². The molecule has 0 aromatic carbocycles. The smallest absolute Gasteiger partial charge is 0.407 e. The molecular weight excluding hydrogens is 180 g/mol. The molecule has 1 fully saturated rings. The summed E-state index contributed by atoms with van der Waals surface area (Å²) in [5.74, 6) is 0.633. The fourth-order valence-corrected chi connectivity index (χ4v) is 1.74. The molecule has 1 amide bonds. The van der Waals surface area contributed by atoms with Gasteiger partial charge in [-0.15, -0.1) is 0 Å². The lowest BCUT2D eigenvalue weighted by molar-refractivity contribution is 0.125. The summed E-state index contributed by atoms with van der Waals surface area (Å²) in [6.45, 7) is 1.95. The first kappa shape index (κ1) is 11.0. The van der Waals surface area contributed by atoms with E-state index in [1.807, 2.05) is 6.08 Å². The van der Waals surface area contributed by atoms with E-state index in [1.54, 1.807) is 0 Å². The third kappa shape index (κ3) is 3.38. The van der Waals surface area contributed by atoms with Crippen molar-refractivity contribution in [2.75, 3.05) is 19.6 Å². The number of nitrogens with zero attached hydrogens (tertiary/aromatic N) is 1. The second-order valence-corrected chi connectivity index (χ2v) is 3.66. The molecule has 80 valence electrons. The van der Waals surface area contributed by atoms with Crippen molar-refractivity contribution in [3.8, 4) is 0 Å². The van der Waals surface area contributed by atoms with Gasteiger partial charge in [-0.2, -0.15) is 0 Å². The molecule has 1 aliphatic heterocycles. The fraction of sp³-hybridized carbons (Fsp3) is 0.700. The Kier molecular flexibility index (Phi) is 4.46. The van der Waals surface area contributed by atoms with Gasteiger partial charge in [0.1, 0.15) is 0 Å². The molecule has 1 saturated heterocycles. The number of amides is 1. The molecule has 0 radical (unpaired) electrons. The minimum absolute atomic E-state index is 0.591. The minimum atomic E-state index is -0.791. The number of carbonyl (C=O) groups is 1. The van der Waals surface area contributed by atoms with Crippen molar-refractivity contribution >= 4 is 6.09 Å². The number of allylic oxidation sites excluding steroid dienone is 1. The molecule has 0 spiro atoms. The van der Waals surface area contributed by atoms with Gasteiger partial charge >= 0.3 is 6.09 Å². The van der Waals surface area contributed by atoms with Crippen molar-refractivity contribution in [3.63, 3.8) is 0 Å². The Morgan fingerprint density at radius 1 is 1.43 bits per heavy atom. The first-order valence-electron chi connectivity index (χ1n) is 5.07. The highest BCUT2D eigenvalue weighted by molar-refractivity contribution is 5.64. The van der Waals surface area contributed by atoms with Gasteiger partial charge in [0.15, 0.2) is 0 Å². The lowest BCUT2D eigenvalue weighted by Gasteiger charge is -2.29. The van der Waals surface area contributed by atoms with Gasteiger partial charge < -0.3 is 15.7 Å². The highest BCUT2D eigenvalue weighted by atomic mass is 16.4. The van der Waals surface area contributed by atoms with Gasteiger partial charge in [-0.25, -0.2) is 4.79 Å². The molecule has 0 saturated carbocycles. The summed E-state index contributed by atoms with van der Waals surface area (Å²) >= 11 is 0. The number of rotatable bonds is 3. The monoisotopic (exact) mass is 198 g/mol. The van der Waals surface area contributed by atoms with Crippen LogP contribution < -0.4 is 5.73 Å². The molecule has 4 heteroatoms. The zero-order valence-corrected chi connectivity index (χ0v) is 8.35. The standard InChI is InChI=1S/C10H18N2O2/c11-6-2-1-3-9-4-7-12(8-5-9)10(13)14/h1-2,9H,3-8,11H2,(H,13,14). The van der Waals surface area contributed by atoms with Crippen molar-refractivity contribution in [3.05, 3.63) is 12.2 Å². The van der Waals surface area contributed by atoms with E-state index in [9.17, 15) is 4.79 Å². The second-order valence-electron chi connectivity index (χ2n) is 3.66. The zero-order valence-electron chi connectivity index (χ0n) is 8.35. The van der Waals surface area contributed by atoms with Gasteiger partial charge in [0.2, 0.25) is 0 Å². The Morgan fingerprint density at radius 3 is 2.57 bits per heavy atom. The van der Waals surface area contributed by atoms with Gasteiger partial charge in [0, 0.05) is 19.6 Å². The molecule has 0 aromatic heterocycles. The summed E-state index contributed by atoms with van der Waals surface area (Å²) in [6.07, 6.45) is 6.25. The molecule has 0 aliphatic carbocycles. The second kappa shape index (κ2) is 5.65. The van der Waals surface area contributed by atoms with Crippen LogP contribution in [0.5, 0.6) is 0 Å². The van der Waals surface area contributed by atoms with Crippen LogP contribution in [0, 0.1) is 5.92 Å². The Bertz CT molecular complexity index is 208. The van der Waals surface area contributed by atoms with E-state index in [0.717, 1.165) is 19.3 Å². The first-order chi connectivity index (χ1) is 6.74. The van der Waals surface area contributed by atoms with E-state index in [2.05, 4.69) is 6.08 Å². The Hall–Kier alpha value is -1.03. The van der Waals surface area contributed by atoms with Crippen molar-refractivity contribution in [1.29, 1.82) is 0 Å². The van der Waals surface area contributed by atoms with E-state index in [-0.39, 0.29) is 0 Å². The minimum Gasteiger partial charge on any atom is -0.465 e. The Morgan fingerprint density at radius 2 is 2.07 bits per heavy atom. The molecule has 0 unspecified atom stereocenters. The number of piperidine rings is 1. The van der Waals surface area contributed by atoms with Crippen LogP contribution in [0.2, 0.25) is 0 Å². The van der Waals surface area contributed by atoms with Crippen LogP contribution in [-0.2, 0) is 0 Å². The molecule has 3 N–H and O–H groups in total. The van der Waals surface area contributed by atoms with Crippen molar-refractivity contribution in [1.82, 2.24) is 4.90 Å². The Labute approximate surface area is 84.4 Å². The quantitative estimate of drug-likeness (QED) is 0.671. The zero-order chi connectivity index (χ0) is 10.4. The van der Waals surface area contributed by atoms with Crippen molar-refractivity contribution in [2.45, 2.75) is 19.3 Å². The maximum Gasteiger partial charge on any atom is 0.407 e. The number of likely N-dealkylation sites (tertiary alicyclic amines) is 1. The third-order valence-corrected chi connectivity index (χ3v) is 2.66. The largest absolute Gasteiger partial charge is 0.465 e. The number of nitrogens with two attached hydrogens (primary N) is 1. The lowest BCUT2D eigenvalue weighted by Crippen LogP contribution is -2.37. The normalized spacial score (nSPS) is 19.1. The van der Waals surface area contributed by atoms with Gasteiger partial charge in [-0.05, 0) is 25.2 Å². The molecule has 1 rings (SSSR count). The van der Waals surface area contributed by atoms with E-state index in [0.29, 0.717) is 25.6 Å². The van der Waals surface area contributed by atoms with Crippen molar-refractivity contribution in [2.24, 2.45) is 11.7 Å². The van der Waals surface area contributed by atoms with Crippen LogP contribution in [0.15, 0.2) is 12.2 Å².